The van der Waals surface area contributed by atoms with Gasteiger partial charge in [0.1, 0.15) is 24.3 Å². The van der Waals surface area contributed by atoms with Crippen LogP contribution in [-0.4, -0.2) is 47.4 Å². The van der Waals surface area contributed by atoms with Crippen LogP contribution in [0.1, 0.15) is 73.5 Å². The summed E-state index contributed by atoms with van der Waals surface area (Å²) in [5.74, 6) is -9.10. The molecule has 14 heteroatoms. The van der Waals surface area contributed by atoms with Gasteiger partial charge in [0.15, 0.2) is 28.8 Å². The molecule has 1 aliphatic carbocycles. The number of rotatable bonds is 7. The largest absolute Gasteiger partial charge is 0.482 e. The molecular formula is C33H32F4N4O6. The third-order valence-corrected chi connectivity index (χ3v) is 9.10. The van der Waals surface area contributed by atoms with E-state index < -0.39 is 88.7 Å². The number of fused-ring (bicyclic) bond motifs is 4. The van der Waals surface area contributed by atoms with Crippen molar-refractivity contribution in [3.8, 4) is 17.1 Å². The van der Waals surface area contributed by atoms with Gasteiger partial charge >= 0.3 is 0 Å². The standard InChI is InChI=1S/C33H32F4N4O6/c34-19-9-5-4-8-18(19)27-14-25(41-47-27)33(45)40-24(10-16-6-2-1-3-7-16)32(44)38-22-11-17-12-23(39-31(17)43)28-20(35)13-21(36)29(37)30(28)46-15-26(22)42/h4-5,8-9,13-14,16-17,22-24H,1-3,6-7,10-12,15H2,(H,38,44)(H,39,43)(H,40,45)/t17-,22+,23?,24+/m1/s1. The second-order valence-electron chi connectivity index (χ2n) is 12.3. The van der Waals surface area contributed by atoms with Crippen LogP contribution in [0.3, 0.4) is 0 Å². The smallest absolute Gasteiger partial charge is 0.274 e. The number of nitrogens with one attached hydrogen (secondary N) is 3. The van der Waals surface area contributed by atoms with Gasteiger partial charge in [-0.25, -0.2) is 13.2 Å². The average molecular weight is 657 g/mol. The van der Waals surface area contributed by atoms with Crippen molar-refractivity contribution < 1.29 is 46.0 Å². The Bertz CT molecular complexity index is 1710. The van der Waals surface area contributed by atoms with Gasteiger partial charge in [-0.1, -0.05) is 49.4 Å². The number of carbonyl (C=O) groups excluding carboxylic acids is 4. The third-order valence-electron chi connectivity index (χ3n) is 9.10. The van der Waals surface area contributed by atoms with Gasteiger partial charge in [0.2, 0.25) is 17.6 Å². The van der Waals surface area contributed by atoms with Crippen molar-refractivity contribution in [1.29, 1.82) is 0 Å². The van der Waals surface area contributed by atoms with Gasteiger partial charge in [-0.05, 0) is 37.3 Å². The lowest BCUT2D eigenvalue weighted by Gasteiger charge is -2.28. The minimum absolute atomic E-state index is 0.0135. The number of ketones is 1. The van der Waals surface area contributed by atoms with Crippen LogP contribution in [0, 0.1) is 35.1 Å². The van der Waals surface area contributed by atoms with Crippen LogP contribution in [0.25, 0.3) is 11.3 Å². The molecule has 1 unspecified atom stereocenters. The van der Waals surface area contributed by atoms with E-state index in [9.17, 15) is 36.7 Å². The summed E-state index contributed by atoms with van der Waals surface area (Å²) < 4.78 is 68.3. The number of nitrogens with zero attached hydrogens (tertiary/aromatic N) is 1. The Balaban J connectivity index is 1.22. The van der Waals surface area contributed by atoms with E-state index in [0.717, 1.165) is 32.1 Å². The molecule has 2 fully saturated rings. The number of aromatic nitrogens is 1. The maximum atomic E-state index is 14.8. The first-order chi connectivity index (χ1) is 22.6. The first kappa shape index (κ1) is 32.2. The lowest BCUT2D eigenvalue weighted by atomic mass is 9.84. The molecule has 6 rings (SSSR count). The topological polar surface area (TPSA) is 140 Å². The number of ether oxygens (including phenoxy) is 1. The van der Waals surface area contributed by atoms with Gasteiger partial charge in [0.25, 0.3) is 5.91 Å². The predicted octanol–water partition coefficient (Wildman–Crippen LogP) is 4.68. The van der Waals surface area contributed by atoms with E-state index in [1.54, 1.807) is 6.07 Å². The molecule has 2 aliphatic heterocycles. The minimum Gasteiger partial charge on any atom is -0.482 e. The highest BCUT2D eigenvalue weighted by Gasteiger charge is 2.42. The van der Waals surface area contributed by atoms with Crippen LogP contribution < -0.4 is 20.7 Å². The summed E-state index contributed by atoms with van der Waals surface area (Å²) in [6.45, 7) is -0.844. The molecule has 3 N–H and O–H groups in total. The van der Waals surface area contributed by atoms with Crippen LogP contribution in [0.5, 0.6) is 5.75 Å². The van der Waals surface area contributed by atoms with Crippen molar-refractivity contribution in [3.05, 3.63) is 70.9 Å². The summed E-state index contributed by atoms with van der Waals surface area (Å²) in [5, 5.41) is 11.6. The SMILES string of the molecule is O=C(N[C@@H](CC1CCCCC1)C(=O)N[C@H]1C[C@@H]2CC(NC2=O)c2c(F)cc(F)c(F)c2OCC1=O)c1cc(-c2ccccc2F)on1. The number of hydrogen-bond acceptors (Lipinski definition) is 7. The van der Waals surface area contributed by atoms with Crippen molar-refractivity contribution in [1.82, 2.24) is 21.1 Å². The monoisotopic (exact) mass is 656 g/mol. The first-order valence-corrected chi connectivity index (χ1v) is 15.5. The van der Waals surface area contributed by atoms with Crippen LogP contribution >= 0.6 is 0 Å². The quantitative estimate of drug-likeness (QED) is 0.248. The van der Waals surface area contributed by atoms with Crippen LogP contribution in [0.2, 0.25) is 0 Å². The summed E-state index contributed by atoms with van der Waals surface area (Å²) >= 11 is 0. The van der Waals surface area contributed by atoms with Crippen molar-refractivity contribution >= 4 is 23.5 Å². The van der Waals surface area contributed by atoms with E-state index in [1.165, 1.54) is 24.3 Å². The molecule has 2 bridgehead atoms. The molecule has 1 saturated carbocycles. The zero-order chi connectivity index (χ0) is 33.2. The summed E-state index contributed by atoms with van der Waals surface area (Å²) in [5.41, 5.74) is -0.489. The van der Waals surface area contributed by atoms with E-state index in [4.69, 9.17) is 9.26 Å². The number of Topliss-reactive ketones (excluding diaryl/α,β-unsaturated/α-hetero) is 1. The Kier molecular flexibility index (Phi) is 9.28. The highest BCUT2D eigenvalue weighted by atomic mass is 19.2. The fourth-order valence-corrected chi connectivity index (χ4v) is 6.65. The second kappa shape index (κ2) is 13.5. The molecule has 1 aromatic heterocycles. The molecule has 10 nitrogen and oxygen atoms in total. The van der Waals surface area contributed by atoms with Gasteiger partial charge in [-0.3, -0.25) is 19.2 Å². The lowest BCUT2D eigenvalue weighted by Crippen LogP contribution is -2.53. The molecule has 3 heterocycles. The Morgan fingerprint density at radius 3 is 2.51 bits per heavy atom. The van der Waals surface area contributed by atoms with E-state index in [0.29, 0.717) is 6.07 Å². The van der Waals surface area contributed by atoms with Crippen LogP contribution in [0.4, 0.5) is 17.6 Å². The number of carbonyl (C=O) groups is 4. The van der Waals surface area contributed by atoms with Crippen molar-refractivity contribution in [3.63, 3.8) is 0 Å². The molecule has 3 aliphatic rings. The van der Waals surface area contributed by atoms with Gasteiger partial charge < -0.3 is 25.2 Å². The fourth-order valence-electron chi connectivity index (χ4n) is 6.65. The summed E-state index contributed by atoms with van der Waals surface area (Å²) in [6.07, 6.45) is 4.64. The first-order valence-electron chi connectivity index (χ1n) is 15.5. The zero-order valence-electron chi connectivity index (χ0n) is 25.1. The molecule has 3 aromatic rings. The maximum Gasteiger partial charge on any atom is 0.274 e. The summed E-state index contributed by atoms with van der Waals surface area (Å²) in [4.78, 5) is 53.3. The third kappa shape index (κ3) is 6.86. The Morgan fingerprint density at radius 1 is 0.979 bits per heavy atom. The predicted molar refractivity (Wildman–Crippen MR) is 157 cm³/mol. The number of hydrogen-bond donors (Lipinski definition) is 3. The maximum absolute atomic E-state index is 14.8. The van der Waals surface area contributed by atoms with Gasteiger partial charge in [0.05, 0.1) is 23.2 Å². The van der Waals surface area contributed by atoms with Gasteiger partial charge in [-0.15, -0.1) is 0 Å². The van der Waals surface area contributed by atoms with Crippen LogP contribution in [-0.2, 0) is 14.4 Å². The Labute approximate surface area is 266 Å². The van der Waals surface area contributed by atoms with Crippen molar-refractivity contribution in [2.45, 2.75) is 69.5 Å². The molecular weight excluding hydrogens is 624 g/mol. The molecule has 2 aromatic carbocycles. The summed E-state index contributed by atoms with van der Waals surface area (Å²) in [7, 11) is 0. The van der Waals surface area contributed by atoms with E-state index in [2.05, 4.69) is 21.1 Å². The van der Waals surface area contributed by atoms with Crippen LogP contribution in [0.15, 0.2) is 40.9 Å². The van der Waals surface area contributed by atoms with Gasteiger partial charge in [-0.2, -0.15) is 4.39 Å². The van der Waals surface area contributed by atoms with E-state index >= 15 is 0 Å². The van der Waals surface area contributed by atoms with Crippen molar-refractivity contribution in [2.75, 3.05) is 6.61 Å². The molecule has 4 atom stereocenters. The molecule has 0 radical (unpaired) electrons. The average Bonchev–Trinajstić information content (AvgIpc) is 3.68. The Hall–Kier alpha value is -4.75. The molecule has 248 valence electrons. The fraction of sp³-hybridized carbons (Fsp3) is 0.424. The summed E-state index contributed by atoms with van der Waals surface area (Å²) in [6, 6.07) is 3.92. The number of halogens is 4. The zero-order valence-corrected chi connectivity index (χ0v) is 25.1. The molecule has 47 heavy (non-hydrogen) atoms. The molecule has 1 saturated heterocycles. The lowest BCUT2D eigenvalue weighted by molar-refractivity contribution is -0.131. The van der Waals surface area contributed by atoms with Crippen molar-refractivity contribution in [2.24, 2.45) is 11.8 Å². The highest BCUT2D eigenvalue weighted by Crippen LogP contribution is 2.40. The normalized spacial score (nSPS) is 22.1. The number of amides is 3. The Morgan fingerprint density at radius 2 is 1.74 bits per heavy atom. The van der Waals surface area contributed by atoms with E-state index in [1.807, 2.05) is 0 Å². The molecule has 0 spiro atoms. The van der Waals surface area contributed by atoms with E-state index in [-0.39, 0.29) is 42.2 Å². The second-order valence-corrected chi connectivity index (χ2v) is 12.3. The minimum atomic E-state index is -1.52. The highest BCUT2D eigenvalue weighted by molar-refractivity contribution is 5.98. The molecule has 3 amide bonds. The van der Waals surface area contributed by atoms with Gasteiger partial charge in [0, 0.05) is 18.1 Å². The number of benzene rings is 2.